The molecule has 0 bridgehead atoms. The van der Waals surface area contributed by atoms with Crippen molar-refractivity contribution in [1.29, 1.82) is 0 Å². The van der Waals surface area contributed by atoms with Crippen LogP contribution in [0.1, 0.15) is 24.5 Å². The number of fused-ring (bicyclic) bond motifs is 1. The summed E-state index contributed by atoms with van der Waals surface area (Å²) < 4.78 is 6.98. The van der Waals surface area contributed by atoms with Crippen molar-refractivity contribution >= 4 is 35.6 Å². The van der Waals surface area contributed by atoms with Gasteiger partial charge in [0.05, 0.1) is 6.54 Å². The molecule has 0 aliphatic heterocycles. The van der Waals surface area contributed by atoms with Gasteiger partial charge in [-0.2, -0.15) is 4.98 Å². The highest BCUT2D eigenvalue weighted by atomic mass is 127. The molecule has 9 nitrogen and oxygen atoms in total. The fraction of sp³-hybridized carbons (Fsp3) is 0.357. The van der Waals surface area contributed by atoms with Gasteiger partial charge in [0.1, 0.15) is 6.54 Å². The molecule has 0 atom stereocenters. The molecule has 0 spiro atoms. The van der Waals surface area contributed by atoms with Crippen LogP contribution in [0.3, 0.4) is 0 Å². The number of rotatable bonds is 5. The minimum absolute atomic E-state index is 0. The number of halogens is 1. The Morgan fingerprint density at radius 2 is 2.17 bits per heavy atom. The number of hydrogen-bond acceptors (Lipinski definition) is 6. The third kappa shape index (κ3) is 4.40. The second-order valence-corrected chi connectivity index (χ2v) is 4.83. The van der Waals surface area contributed by atoms with Crippen LogP contribution in [0.25, 0.3) is 5.65 Å². The summed E-state index contributed by atoms with van der Waals surface area (Å²) in [6.07, 6.45) is 1.92. The molecule has 0 saturated carbocycles. The summed E-state index contributed by atoms with van der Waals surface area (Å²) in [5.41, 5.74) is 0.803. The molecule has 0 amide bonds. The van der Waals surface area contributed by atoms with Gasteiger partial charge in [-0.15, -0.1) is 34.2 Å². The standard InChI is InChI=1S/C14H18N8O.HI/c1-3-15-14(17-9-13-18-10(2)21-23-13)16-8-12-20-19-11-6-4-5-7-22(11)12;/h4-7H,3,8-9H2,1-2H3,(H2,15,16,17);1H. The monoisotopic (exact) mass is 442 g/mol. The van der Waals surface area contributed by atoms with E-state index < -0.39 is 0 Å². The van der Waals surface area contributed by atoms with E-state index in [1.54, 1.807) is 6.92 Å². The third-order valence-corrected chi connectivity index (χ3v) is 3.08. The van der Waals surface area contributed by atoms with Crippen molar-refractivity contribution in [2.24, 2.45) is 4.99 Å². The molecule has 10 heteroatoms. The highest BCUT2D eigenvalue weighted by Crippen LogP contribution is 2.03. The number of guanidine groups is 1. The predicted octanol–water partition coefficient (Wildman–Crippen LogP) is 1.29. The lowest BCUT2D eigenvalue weighted by Gasteiger charge is -2.09. The molecular formula is C14H19IN8O. The van der Waals surface area contributed by atoms with Crippen molar-refractivity contribution in [3.8, 4) is 0 Å². The first kappa shape index (κ1) is 18.1. The van der Waals surface area contributed by atoms with Crippen molar-refractivity contribution in [3.05, 3.63) is 41.9 Å². The fourth-order valence-corrected chi connectivity index (χ4v) is 2.06. The minimum Gasteiger partial charge on any atom is -0.357 e. The Kier molecular flexibility index (Phi) is 6.46. The molecule has 0 aliphatic carbocycles. The van der Waals surface area contributed by atoms with Gasteiger partial charge in [-0.1, -0.05) is 11.2 Å². The van der Waals surface area contributed by atoms with E-state index in [-0.39, 0.29) is 24.0 Å². The molecule has 0 fully saturated rings. The van der Waals surface area contributed by atoms with Gasteiger partial charge in [0.25, 0.3) is 0 Å². The Balaban J connectivity index is 0.00000208. The van der Waals surface area contributed by atoms with Crippen molar-refractivity contribution in [3.63, 3.8) is 0 Å². The summed E-state index contributed by atoms with van der Waals surface area (Å²) in [5, 5.41) is 18.3. The van der Waals surface area contributed by atoms with E-state index in [1.165, 1.54) is 0 Å². The van der Waals surface area contributed by atoms with Gasteiger partial charge < -0.3 is 15.2 Å². The SMILES string of the molecule is CCNC(=NCc1nnc2ccccn12)NCc1nc(C)no1.I. The van der Waals surface area contributed by atoms with Crippen LogP contribution in [0.5, 0.6) is 0 Å². The Morgan fingerprint density at radius 3 is 2.92 bits per heavy atom. The van der Waals surface area contributed by atoms with Gasteiger partial charge in [-0.25, -0.2) is 4.99 Å². The summed E-state index contributed by atoms with van der Waals surface area (Å²) in [6.45, 7) is 5.34. The average Bonchev–Trinajstić information content (AvgIpc) is 3.16. The quantitative estimate of drug-likeness (QED) is 0.349. The maximum absolute atomic E-state index is 5.07. The van der Waals surface area contributed by atoms with Crippen molar-refractivity contribution in [1.82, 2.24) is 35.4 Å². The van der Waals surface area contributed by atoms with E-state index in [0.717, 1.165) is 18.0 Å². The molecule has 3 aromatic rings. The lowest BCUT2D eigenvalue weighted by atomic mass is 10.4. The van der Waals surface area contributed by atoms with Crippen molar-refractivity contribution < 1.29 is 4.52 Å². The number of nitrogens with one attached hydrogen (secondary N) is 2. The molecule has 0 saturated heterocycles. The number of aromatic nitrogens is 5. The van der Waals surface area contributed by atoms with Crippen LogP contribution < -0.4 is 10.6 Å². The number of aryl methyl sites for hydroxylation is 1. The first-order chi connectivity index (χ1) is 11.3. The largest absolute Gasteiger partial charge is 0.357 e. The van der Waals surface area contributed by atoms with E-state index in [0.29, 0.717) is 30.8 Å². The Hall–Kier alpha value is -2.24. The summed E-state index contributed by atoms with van der Waals surface area (Å²) in [4.78, 5) is 8.65. The molecule has 3 heterocycles. The number of hydrogen-bond donors (Lipinski definition) is 2. The summed E-state index contributed by atoms with van der Waals surface area (Å²) in [5.74, 6) is 2.54. The van der Waals surface area contributed by atoms with Gasteiger partial charge in [0.2, 0.25) is 5.89 Å². The lowest BCUT2D eigenvalue weighted by molar-refractivity contribution is 0.371. The summed E-state index contributed by atoms with van der Waals surface area (Å²) >= 11 is 0. The van der Waals surface area contributed by atoms with Crippen LogP contribution in [0.4, 0.5) is 0 Å². The zero-order chi connectivity index (χ0) is 16.1. The Labute approximate surface area is 156 Å². The van der Waals surface area contributed by atoms with Crippen LogP contribution in [0.2, 0.25) is 0 Å². The number of aliphatic imine (C=N–C) groups is 1. The summed E-state index contributed by atoms with van der Waals surface area (Å²) in [7, 11) is 0. The molecule has 0 radical (unpaired) electrons. The highest BCUT2D eigenvalue weighted by Gasteiger charge is 2.06. The second kappa shape index (κ2) is 8.57. The van der Waals surface area contributed by atoms with Crippen LogP contribution in [-0.2, 0) is 13.1 Å². The molecule has 24 heavy (non-hydrogen) atoms. The van der Waals surface area contributed by atoms with Crippen LogP contribution in [0, 0.1) is 6.92 Å². The van der Waals surface area contributed by atoms with Crippen molar-refractivity contribution in [2.45, 2.75) is 26.9 Å². The second-order valence-electron chi connectivity index (χ2n) is 4.83. The van der Waals surface area contributed by atoms with Gasteiger partial charge in [0, 0.05) is 12.7 Å². The fourth-order valence-electron chi connectivity index (χ4n) is 2.06. The van der Waals surface area contributed by atoms with Crippen LogP contribution in [-0.4, -0.2) is 37.2 Å². The van der Waals surface area contributed by atoms with Gasteiger partial charge >= 0.3 is 0 Å². The zero-order valence-electron chi connectivity index (χ0n) is 13.4. The van der Waals surface area contributed by atoms with Gasteiger partial charge in [0.15, 0.2) is 23.3 Å². The van der Waals surface area contributed by atoms with Gasteiger partial charge in [-0.05, 0) is 26.0 Å². The third-order valence-electron chi connectivity index (χ3n) is 3.08. The summed E-state index contributed by atoms with van der Waals surface area (Å²) in [6, 6.07) is 5.77. The molecule has 2 N–H and O–H groups in total. The number of nitrogens with zero attached hydrogens (tertiary/aromatic N) is 6. The van der Waals surface area contributed by atoms with Crippen LogP contribution in [0.15, 0.2) is 33.9 Å². The van der Waals surface area contributed by atoms with Crippen LogP contribution >= 0.6 is 24.0 Å². The average molecular weight is 442 g/mol. The molecule has 128 valence electrons. The topological polar surface area (TPSA) is 106 Å². The maximum atomic E-state index is 5.07. The lowest BCUT2D eigenvalue weighted by Crippen LogP contribution is -2.36. The molecule has 0 aliphatic rings. The van der Waals surface area contributed by atoms with E-state index in [1.807, 2.05) is 35.7 Å². The Morgan fingerprint density at radius 1 is 1.29 bits per heavy atom. The van der Waals surface area contributed by atoms with Crippen molar-refractivity contribution in [2.75, 3.05) is 6.54 Å². The van der Waals surface area contributed by atoms with E-state index in [4.69, 9.17) is 4.52 Å². The molecule has 0 aromatic carbocycles. The van der Waals surface area contributed by atoms with Gasteiger partial charge in [-0.3, -0.25) is 4.40 Å². The number of pyridine rings is 1. The molecule has 3 aromatic heterocycles. The highest BCUT2D eigenvalue weighted by molar-refractivity contribution is 14.0. The minimum atomic E-state index is 0. The predicted molar refractivity (Wildman–Crippen MR) is 99.1 cm³/mol. The smallest absolute Gasteiger partial charge is 0.246 e. The van der Waals surface area contributed by atoms with E-state index >= 15 is 0 Å². The first-order valence-corrected chi connectivity index (χ1v) is 7.36. The zero-order valence-corrected chi connectivity index (χ0v) is 15.8. The molecule has 3 rings (SSSR count). The molecule has 0 unspecified atom stereocenters. The van der Waals surface area contributed by atoms with E-state index in [9.17, 15) is 0 Å². The maximum Gasteiger partial charge on any atom is 0.246 e. The Bertz CT molecular complexity index is 812. The normalized spacial score (nSPS) is 11.3. The molecular weight excluding hydrogens is 423 g/mol. The van der Waals surface area contributed by atoms with E-state index in [2.05, 4.69) is 36.0 Å². The first-order valence-electron chi connectivity index (χ1n) is 7.36.